The van der Waals surface area contributed by atoms with E-state index in [0.717, 1.165) is 19.5 Å². The molecule has 124 valence electrons. The average Bonchev–Trinajstić information content (AvgIpc) is 3.09. The van der Waals surface area contributed by atoms with Crippen molar-refractivity contribution in [2.24, 2.45) is 17.3 Å². The van der Waals surface area contributed by atoms with Crippen LogP contribution < -0.4 is 0 Å². The zero-order valence-electron chi connectivity index (χ0n) is 14.2. The van der Waals surface area contributed by atoms with Crippen LogP contribution in [0.1, 0.15) is 43.6 Å². The number of likely N-dealkylation sites (tertiary alicyclic amines) is 1. The van der Waals surface area contributed by atoms with Crippen LogP contribution in [-0.2, 0) is 14.9 Å². The lowest BCUT2D eigenvalue weighted by molar-refractivity contribution is -0.134. The van der Waals surface area contributed by atoms with Crippen LogP contribution in [0, 0.1) is 24.2 Å². The maximum atomic E-state index is 13.6. The van der Waals surface area contributed by atoms with Crippen molar-refractivity contribution in [2.45, 2.75) is 57.7 Å². The molecule has 4 heterocycles. The molecule has 3 nitrogen and oxygen atoms in total. The molecule has 3 saturated heterocycles. The summed E-state index contributed by atoms with van der Waals surface area (Å²) in [5.41, 5.74) is 1.12. The molecule has 4 aliphatic rings. The summed E-state index contributed by atoms with van der Waals surface area (Å²) in [5.74, 6) is 1.59. The average molecular weight is 331 g/mol. The first kappa shape index (κ1) is 14.5. The lowest BCUT2D eigenvalue weighted by Crippen LogP contribution is -2.41. The third-order valence-corrected chi connectivity index (χ3v) is 8.27. The molecular weight excluding hydrogens is 306 g/mol. The predicted octanol–water partition coefficient (Wildman–Crippen LogP) is 3.36. The van der Waals surface area contributed by atoms with E-state index in [-0.39, 0.29) is 10.8 Å². The summed E-state index contributed by atoms with van der Waals surface area (Å²) < 4.78 is 6.06. The summed E-state index contributed by atoms with van der Waals surface area (Å²) in [6.45, 7) is 8.52. The van der Waals surface area contributed by atoms with Crippen molar-refractivity contribution in [3.05, 3.63) is 21.9 Å². The van der Waals surface area contributed by atoms with Crippen molar-refractivity contribution in [1.82, 2.24) is 4.90 Å². The number of thiophene rings is 1. The van der Waals surface area contributed by atoms with Gasteiger partial charge in [0.2, 0.25) is 5.91 Å². The van der Waals surface area contributed by atoms with Crippen LogP contribution in [-0.4, -0.2) is 36.1 Å². The Balaban J connectivity index is 1.45. The molecule has 4 heteroatoms. The summed E-state index contributed by atoms with van der Waals surface area (Å²) in [5, 5.41) is 2.14. The molecule has 23 heavy (non-hydrogen) atoms. The second kappa shape index (κ2) is 4.40. The first-order valence-corrected chi connectivity index (χ1v) is 9.81. The zero-order chi connectivity index (χ0) is 16.0. The Labute approximate surface area is 142 Å². The Morgan fingerprint density at radius 2 is 1.87 bits per heavy atom. The summed E-state index contributed by atoms with van der Waals surface area (Å²) in [6, 6.07) is 2.16. The molecule has 5 atom stereocenters. The summed E-state index contributed by atoms with van der Waals surface area (Å²) >= 11 is 1.77. The highest BCUT2D eigenvalue weighted by Gasteiger charge is 2.70. The fourth-order valence-electron chi connectivity index (χ4n) is 5.67. The van der Waals surface area contributed by atoms with Gasteiger partial charge in [0.15, 0.2) is 0 Å². The minimum atomic E-state index is -0.260. The highest BCUT2D eigenvalue weighted by Crippen LogP contribution is 2.67. The minimum Gasteiger partial charge on any atom is -0.374 e. The van der Waals surface area contributed by atoms with Gasteiger partial charge in [-0.3, -0.25) is 4.79 Å². The topological polar surface area (TPSA) is 29.5 Å². The molecule has 0 radical (unpaired) electrons. The molecule has 1 aliphatic carbocycles. The van der Waals surface area contributed by atoms with Gasteiger partial charge in [-0.2, -0.15) is 0 Å². The fraction of sp³-hybridized carbons (Fsp3) is 0.737. The van der Waals surface area contributed by atoms with Gasteiger partial charge in [0.25, 0.3) is 0 Å². The largest absolute Gasteiger partial charge is 0.374 e. The van der Waals surface area contributed by atoms with E-state index in [9.17, 15) is 4.79 Å². The predicted molar refractivity (Wildman–Crippen MR) is 90.6 cm³/mol. The number of ether oxygens (including phenoxy) is 1. The van der Waals surface area contributed by atoms with Gasteiger partial charge >= 0.3 is 0 Å². The number of hydrogen-bond donors (Lipinski definition) is 0. The summed E-state index contributed by atoms with van der Waals surface area (Å²) in [4.78, 5) is 17.1. The third-order valence-electron chi connectivity index (χ3n) is 7.09. The minimum absolute atomic E-state index is 0.0902. The normalized spacial score (nSPS) is 43.0. The van der Waals surface area contributed by atoms with Crippen LogP contribution in [0.25, 0.3) is 0 Å². The highest BCUT2D eigenvalue weighted by atomic mass is 32.1. The number of carbonyl (C=O) groups excluding carboxylic acids is 1. The van der Waals surface area contributed by atoms with Gasteiger partial charge in [0.05, 0.1) is 17.6 Å². The Morgan fingerprint density at radius 3 is 2.35 bits per heavy atom. The fourth-order valence-corrected chi connectivity index (χ4v) is 6.97. The Morgan fingerprint density at radius 1 is 1.26 bits per heavy atom. The molecule has 5 rings (SSSR count). The second-order valence-electron chi connectivity index (χ2n) is 8.73. The third kappa shape index (κ3) is 1.72. The van der Waals surface area contributed by atoms with E-state index in [2.05, 4.69) is 37.1 Å². The van der Waals surface area contributed by atoms with Crippen molar-refractivity contribution in [2.75, 3.05) is 13.1 Å². The van der Waals surface area contributed by atoms with Gasteiger partial charge in [-0.15, -0.1) is 11.3 Å². The number of carbonyl (C=O) groups is 1. The van der Waals surface area contributed by atoms with Gasteiger partial charge in [0, 0.05) is 29.8 Å². The smallest absolute Gasteiger partial charge is 0.234 e. The lowest BCUT2D eigenvalue weighted by Gasteiger charge is -2.27. The monoisotopic (exact) mass is 331 g/mol. The van der Waals surface area contributed by atoms with Gasteiger partial charge in [0.1, 0.15) is 0 Å². The van der Waals surface area contributed by atoms with E-state index in [1.54, 1.807) is 11.3 Å². The molecule has 3 aliphatic heterocycles. The number of rotatable bonds is 2. The maximum Gasteiger partial charge on any atom is 0.234 e. The standard InChI is InChI=1S/C19H25NO2S/c1-11-6-7-23-16(11)19(10-18(19,2)3)17(21)20-8-12-13(9-20)15-5-4-14(12)22-15/h6-7,12-15H,4-5,8-10H2,1-3H3/t12-,13+,14+,15-,19-/m1/s1. The quantitative estimate of drug-likeness (QED) is 0.832. The van der Waals surface area contributed by atoms with E-state index in [4.69, 9.17) is 4.74 Å². The zero-order valence-corrected chi connectivity index (χ0v) is 15.0. The molecule has 0 spiro atoms. The number of amides is 1. The van der Waals surface area contributed by atoms with Crippen LogP contribution in [0.3, 0.4) is 0 Å². The molecular formula is C19H25NO2S. The van der Waals surface area contributed by atoms with E-state index in [1.807, 2.05) is 0 Å². The first-order valence-electron chi connectivity index (χ1n) is 8.93. The number of nitrogens with zero attached hydrogens (tertiary/aromatic N) is 1. The Hall–Kier alpha value is -0.870. The molecule has 2 bridgehead atoms. The maximum absolute atomic E-state index is 13.6. The molecule has 1 aromatic rings. The van der Waals surface area contributed by atoms with Crippen molar-refractivity contribution in [1.29, 1.82) is 0 Å². The van der Waals surface area contributed by atoms with Crippen LogP contribution in [0.4, 0.5) is 0 Å². The van der Waals surface area contributed by atoms with Crippen molar-refractivity contribution < 1.29 is 9.53 Å². The summed E-state index contributed by atoms with van der Waals surface area (Å²) in [6.07, 6.45) is 4.25. The van der Waals surface area contributed by atoms with E-state index >= 15 is 0 Å². The summed E-state index contributed by atoms with van der Waals surface area (Å²) in [7, 11) is 0. The first-order chi connectivity index (χ1) is 10.9. The molecule has 0 unspecified atom stereocenters. The van der Waals surface area contributed by atoms with Gasteiger partial charge in [-0.05, 0) is 48.6 Å². The molecule has 1 saturated carbocycles. The van der Waals surface area contributed by atoms with Crippen LogP contribution in [0.5, 0.6) is 0 Å². The molecule has 0 aromatic carbocycles. The van der Waals surface area contributed by atoms with Crippen molar-refractivity contribution >= 4 is 17.2 Å². The molecule has 4 fully saturated rings. The van der Waals surface area contributed by atoms with E-state index in [1.165, 1.54) is 23.3 Å². The van der Waals surface area contributed by atoms with E-state index < -0.39 is 0 Å². The van der Waals surface area contributed by atoms with Crippen LogP contribution in [0.2, 0.25) is 0 Å². The van der Waals surface area contributed by atoms with E-state index in [0.29, 0.717) is 30.0 Å². The van der Waals surface area contributed by atoms with Gasteiger partial charge in [-0.25, -0.2) is 0 Å². The molecule has 1 amide bonds. The van der Waals surface area contributed by atoms with Gasteiger partial charge < -0.3 is 9.64 Å². The Bertz CT molecular complexity index is 663. The number of aryl methyl sites for hydroxylation is 1. The lowest BCUT2D eigenvalue weighted by atomic mass is 9.82. The second-order valence-corrected chi connectivity index (χ2v) is 9.64. The Kier molecular flexibility index (Phi) is 2.77. The number of fused-ring (bicyclic) bond motifs is 5. The highest BCUT2D eigenvalue weighted by molar-refractivity contribution is 7.10. The van der Waals surface area contributed by atoms with Gasteiger partial charge in [-0.1, -0.05) is 13.8 Å². The van der Waals surface area contributed by atoms with Crippen LogP contribution in [0.15, 0.2) is 11.4 Å². The SMILES string of the molecule is Cc1ccsc1[C@@]1(C(=O)N2C[C@@H]3[C@H](C2)[C@H]2CC[C@@H]3O2)CC1(C)C. The molecule has 1 aromatic heterocycles. The molecule has 0 N–H and O–H groups in total. The van der Waals surface area contributed by atoms with Crippen LogP contribution >= 0.6 is 11.3 Å². The van der Waals surface area contributed by atoms with Crippen molar-refractivity contribution in [3.63, 3.8) is 0 Å². The number of hydrogen-bond acceptors (Lipinski definition) is 3. The van der Waals surface area contributed by atoms with Crippen molar-refractivity contribution in [3.8, 4) is 0 Å².